The van der Waals surface area contributed by atoms with Crippen molar-refractivity contribution in [3.63, 3.8) is 0 Å². The molecule has 8 heteroatoms. The highest BCUT2D eigenvalue weighted by Crippen LogP contribution is 2.22. The van der Waals surface area contributed by atoms with Crippen LogP contribution in [0.5, 0.6) is 0 Å². The average molecular weight is 397 g/mol. The van der Waals surface area contributed by atoms with Crippen molar-refractivity contribution in [2.75, 3.05) is 6.26 Å². The van der Waals surface area contributed by atoms with Gasteiger partial charge in [0.1, 0.15) is 0 Å². The zero-order chi connectivity index (χ0) is 18.8. The third-order valence-electron chi connectivity index (χ3n) is 3.86. The normalized spacial score (nSPS) is 10.9. The molecule has 0 bridgehead atoms. The number of rotatable bonds is 4. The monoisotopic (exact) mass is 396 g/mol. The van der Waals surface area contributed by atoms with Crippen LogP contribution in [-0.2, 0) is 0 Å². The molecule has 0 aliphatic carbocycles. The van der Waals surface area contributed by atoms with E-state index in [4.69, 9.17) is 16.1 Å². The summed E-state index contributed by atoms with van der Waals surface area (Å²) in [7, 11) is 0. The Labute approximate surface area is 163 Å². The van der Waals surface area contributed by atoms with Crippen LogP contribution in [0.4, 0.5) is 0 Å². The number of hydrogen-bond donors (Lipinski definition) is 0. The Hall–Kier alpha value is -2.90. The molecule has 4 aromatic rings. The van der Waals surface area contributed by atoms with Crippen LogP contribution in [0.1, 0.15) is 0 Å². The molecule has 6 nitrogen and oxygen atoms in total. The molecule has 0 aliphatic rings. The Morgan fingerprint density at radius 3 is 2.70 bits per heavy atom. The van der Waals surface area contributed by atoms with E-state index in [9.17, 15) is 4.79 Å². The van der Waals surface area contributed by atoms with Crippen LogP contribution in [-0.4, -0.2) is 26.2 Å². The van der Waals surface area contributed by atoms with E-state index >= 15 is 0 Å². The molecule has 2 aromatic carbocycles. The van der Waals surface area contributed by atoms with E-state index in [1.165, 1.54) is 6.07 Å². The Bertz CT molecular complexity index is 1150. The van der Waals surface area contributed by atoms with Crippen molar-refractivity contribution < 1.29 is 4.52 Å². The molecule has 0 aliphatic heterocycles. The molecule has 4 rings (SSSR count). The highest BCUT2D eigenvalue weighted by atomic mass is 35.5. The van der Waals surface area contributed by atoms with Gasteiger partial charge in [-0.25, -0.2) is 4.68 Å². The second-order valence-electron chi connectivity index (χ2n) is 5.60. The fourth-order valence-corrected chi connectivity index (χ4v) is 3.07. The smallest absolute Gasteiger partial charge is 0.282 e. The quantitative estimate of drug-likeness (QED) is 0.478. The van der Waals surface area contributed by atoms with Crippen LogP contribution in [0.2, 0.25) is 5.02 Å². The van der Waals surface area contributed by atoms with Crippen molar-refractivity contribution in [3.8, 4) is 28.7 Å². The molecule has 0 fully saturated rings. The van der Waals surface area contributed by atoms with E-state index in [1.54, 1.807) is 46.9 Å². The molecule has 0 radical (unpaired) electrons. The Kier molecular flexibility index (Phi) is 4.79. The summed E-state index contributed by atoms with van der Waals surface area (Å²) in [6, 6.07) is 16.3. The molecular formula is C19H13ClN4O2S. The topological polar surface area (TPSA) is 73.8 Å². The zero-order valence-corrected chi connectivity index (χ0v) is 15.7. The van der Waals surface area contributed by atoms with Crippen molar-refractivity contribution in [2.24, 2.45) is 0 Å². The SMILES string of the molecule is CSc1cccc(-n2ccc(=O)c(-c3nc(-c4ccc(Cl)cc4)no3)n2)c1. The van der Waals surface area contributed by atoms with Crippen LogP contribution in [0, 0.1) is 0 Å². The highest BCUT2D eigenvalue weighted by molar-refractivity contribution is 7.98. The number of nitrogens with zero attached hydrogens (tertiary/aromatic N) is 4. The molecule has 0 N–H and O–H groups in total. The minimum Gasteiger partial charge on any atom is -0.332 e. The molecule has 0 saturated heterocycles. The molecule has 0 atom stereocenters. The lowest BCUT2D eigenvalue weighted by atomic mass is 10.2. The third kappa shape index (κ3) is 3.65. The van der Waals surface area contributed by atoms with E-state index in [-0.39, 0.29) is 17.0 Å². The van der Waals surface area contributed by atoms with Gasteiger partial charge in [-0.05, 0) is 48.7 Å². The minimum absolute atomic E-state index is 0.0697. The van der Waals surface area contributed by atoms with Crippen molar-refractivity contribution in [3.05, 3.63) is 76.0 Å². The average Bonchev–Trinajstić information content (AvgIpc) is 3.19. The maximum absolute atomic E-state index is 12.3. The molecule has 27 heavy (non-hydrogen) atoms. The number of thioether (sulfide) groups is 1. The summed E-state index contributed by atoms with van der Waals surface area (Å²) in [5, 5.41) is 8.94. The second-order valence-corrected chi connectivity index (χ2v) is 6.92. The molecule has 0 saturated carbocycles. The van der Waals surface area contributed by atoms with Crippen LogP contribution in [0.15, 0.2) is 75.0 Å². The molecule has 0 amide bonds. The minimum atomic E-state index is -0.293. The van der Waals surface area contributed by atoms with Gasteiger partial charge >= 0.3 is 0 Å². The number of halogens is 1. The molecule has 2 heterocycles. The van der Waals surface area contributed by atoms with Crippen LogP contribution >= 0.6 is 23.4 Å². The van der Waals surface area contributed by atoms with Gasteiger partial charge in [-0.2, -0.15) is 10.1 Å². The molecule has 134 valence electrons. The maximum Gasteiger partial charge on any atom is 0.282 e. The maximum atomic E-state index is 12.3. The van der Waals surface area contributed by atoms with Gasteiger partial charge in [0.15, 0.2) is 5.69 Å². The first-order chi connectivity index (χ1) is 13.1. The van der Waals surface area contributed by atoms with Gasteiger partial charge < -0.3 is 4.52 Å². The van der Waals surface area contributed by atoms with E-state index < -0.39 is 0 Å². The molecule has 0 spiro atoms. The summed E-state index contributed by atoms with van der Waals surface area (Å²) >= 11 is 7.53. The largest absolute Gasteiger partial charge is 0.332 e. The van der Waals surface area contributed by atoms with Crippen molar-refractivity contribution >= 4 is 23.4 Å². The van der Waals surface area contributed by atoms with E-state index in [0.717, 1.165) is 16.1 Å². The Morgan fingerprint density at radius 1 is 1.11 bits per heavy atom. The summed E-state index contributed by atoms with van der Waals surface area (Å²) in [6.45, 7) is 0. The van der Waals surface area contributed by atoms with Crippen LogP contribution in [0.3, 0.4) is 0 Å². The van der Waals surface area contributed by atoms with Gasteiger partial charge in [-0.1, -0.05) is 22.8 Å². The first-order valence-corrected chi connectivity index (χ1v) is 9.59. The lowest BCUT2D eigenvalue weighted by Gasteiger charge is -2.07. The standard InChI is InChI=1S/C19H13ClN4O2S/c1-27-15-4-2-3-14(11-15)24-10-9-16(25)17(22-24)19-21-18(23-26-19)12-5-7-13(20)8-6-12/h2-11H,1H3. The summed E-state index contributed by atoms with van der Waals surface area (Å²) in [6.07, 6.45) is 3.61. The number of aromatic nitrogens is 4. The van der Waals surface area contributed by atoms with E-state index in [2.05, 4.69) is 15.2 Å². The van der Waals surface area contributed by atoms with Crippen LogP contribution in [0.25, 0.3) is 28.7 Å². The Morgan fingerprint density at radius 2 is 1.93 bits per heavy atom. The van der Waals surface area contributed by atoms with Crippen molar-refractivity contribution in [1.82, 2.24) is 19.9 Å². The van der Waals surface area contributed by atoms with E-state index in [0.29, 0.717) is 10.8 Å². The first-order valence-electron chi connectivity index (χ1n) is 7.98. The van der Waals surface area contributed by atoms with Gasteiger partial charge in [0.25, 0.3) is 5.89 Å². The summed E-state index contributed by atoms with van der Waals surface area (Å²) < 4.78 is 6.89. The van der Waals surface area contributed by atoms with E-state index in [1.807, 2.05) is 30.5 Å². The van der Waals surface area contributed by atoms with Crippen molar-refractivity contribution in [2.45, 2.75) is 4.90 Å². The summed E-state index contributed by atoms with van der Waals surface area (Å²) in [5.74, 6) is 0.433. The van der Waals surface area contributed by atoms with Gasteiger partial charge in [-0.15, -0.1) is 11.8 Å². The predicted molar refractivity (Wildman–Crippen MR) is 105 cm³/mol. The predicted octanol–water partition coefficient (Wildman–Crippen LogP) is 4.32. The highest BCUT2D eigenvalue weighted by Gasteiger charge is 2.16. The zero-order valence-electron chi connectivity index (χ0n) is 14.2. The van der Waals surface area contributed by atoms with Gasteiger partial charge in [-0.3, -0.25) is 4.79 Å². The first kappa shape index (κ1) is 17.5. The fourth-order valence-electron chi connectivity index (χ4n) is 2.49. The number of hydrogen-bond acceptors (Lipinski definition) is 6. The van der Waals surface area contributed by atoms with Gasteiger partial charge in [0.2, 0.25) is 11.3 Å². The molecular weight excluding hydrogens is 384 g/mol. The van der Waals surface area contributed by atoms with Crippen LogP contribution < -0.4 is 5.43 Å². The lowest BCUT2D eigenvalue weighted by Crippen LogP contribution is -2.12. The van der Waals surface area contributed by atoms with Gasteiger partial charge in [0.05, 0.1) is 5.69 Å². The second kappa shape index (κ2) is 7.38. The number of benzene rings is 2. The molecule has 0 unspecified atom stereocenters. The summed E-state index contributed by atoms with van der Waals surface area (Å²) in [4.78, 5) is 17.7. The lowest BCUT2D eigenvalue weighted by molar-refractivity contribution is 0.429. The Balaban J connectivity index is 1.74. The third-order valence-corrected chi connectivity index (χ3v) is 4.83. The summed E-state index contributed by atoms with van der Waals surface area (Å²) in [5.41, 5.74) is 1.37. The van der Waals surface area contributed by atoms with Gasteiger partial charge in [0, 0.05) is 27.7 Å². The molecule has 2 aromatic heterocycles. The fraction of sp³-hybridized carbons (Fsp3) is 0.0526. The van der Waals surface area contributed by atoms with Crippen molar-refractivity contribution in [1.29, 1.82) is 0 Å².